The van der Waals surface area contributed by atoms with Gasteiger partial charge in [-0.1, -0.05) is 6.92 Å². The van der Waals surface area contributed by atoms with Crippen LogP contribution in [0.3, 0.4) is 0 Å². The predicted octanol–water partition coefficient (Wildman–Crippen LogP) is 3.19. The van der Waals surface area contributed by atoms with Crippen molar-refractivity contribution >= 4 is 27.0 Å². The third-order valence-corrected chi connectivity index (χ3v) is 6.00. The first-order valence-electron chi connectivity index (χ1n) is 6.87. The van der Waals surface area contributed by atoms with E-state index in [1.54, 1.807) is 19.4 Å². The van der Waals surface area contributed by atoms with Gasteiger partial charge in [-0.3, -0.25) is 15.1 Å². The lowest BCUT2D eigenvalue weighted by Gasteiger charge is -2.24. The molecule has 0 saturated heterocycles. The third-order valence-electron chi connectivity index (χ3n) is 3.46. The van der Waals surface area contributed by atoms with Gasteiger partial charge in [0.15, 0.2) is 0 Å². The molecule has 1 aromatic heterocycles. The van der Waals surface area contributed by atoms with Gasteiger partial charge in [-0.2, -0.15) is 0 Å². The molecule has 0 bridgehead atoms. The molecule has 124 valence electrons. The van der Waals surface area contributed by atoms with Crippen molar-refractivity contribution in [3.05, 3.63) is 40.0 Å². The molecule has 0 unspecified atom stereocenters. The van der Waals surface area contributed by atoms with Gasteiger partial charge in [-0.15, -0.1) is 11.3 Å². The number of nitrogens with zero attached hydrogens (tertiary/aromatic N) is 2. The van der Waals surface area contributed by atoms with E-state index >= 15 is 0 Å². The molecular formula is C14H17N3O4S2. The Morgan fingerprint density at radius 2 is 2.09 bits per heavy atom. The molecule has 0 aliphatic carbocycles. The number of nitro groups is 1. The zero-order valence-electron chi connectivity index (χ0n) is 12.9. The maximum atomic E-state index is 12.7. The van der Waals surface area contributed by atoms with Crippen molar-refractivity contribution in [1.82, 2.24) is 9.71 Å². The Morgan fingerprint density at radius 3 is 2.61 bits per heavy atom. The summed E-state index contributed by atoms with van der Waals surface area (Å²) in [6.45, 7) is 5.38. The summed E-state index contributed by atoms with van der Waals surface area (Å²) in [6.07, 6.45) is 2.12. The molecule has 23 heavy (non-hydrogen) atoms. The number of non-ortho nitro benzene ring substituents is 1. The van der Waals surface area contributed by atoms with Crippen LogP contribution in [0.2, 0.25) is 0 Å². The van der Waals surface area contributed by atoms with E-state index in [0.29, 0.717) is 16.9 Å². The smallest absolute Gasteiger partial charge is 0.258 e. The summed E-state index contributed by atoms with van der Waals surface area (Å²) in [4.78, 5) is 14.8. The van der Waals surface area contributed by atoms with E-state index in [4.69, 9.17) is 0 Å². The van der Waals surface area contributed by atoms with Gasteiger partial charge in [0.25, 0.3) is 5.69 Å². The molecule has 0 fully saturated rings. The molecule has 7 nitrogen and oxygen atoms in total. The number of thiazole rings is 1. The van der Waals surface area contributed by atoms with Crippen molar-refractivity contribution in [3.63, 3.8) is 0 Å². The summed E-state index contributed by atoms with van der Waals surface area (Å²) in [5.41, 5.74) is 1.05. The Bertz CT molecular complexity index is 815. The number of nitrogens with one attached hydrogen (secondary N) is 1. The highest BCUT2D eigenvalue weighted by molar-refractivity contribution is 7.89. The van der Waals surface area contributed by atoms with E-state index in [-0.39, 0.29) is 10.6 Å². The summed E-state index contributed by atoms with van der Waals surface area (Å²) in [5, 5.41) is 11.0. The Morgan fingerprint density at radius 1 is 1.39 bits per heavy atom. The number of rotatable bonds is 6. The van der Waals surface area contributed by atoms with Gasteiger partial charge < -0.3 is 0 Å². The molecule has 1 N–H and O–H groups in total. The normalized spacial score (nSPS) is 12.3. The quantitative estimate of drug-likeness (QED) is 0.633. The topological polar surface area (TPSA) is 102 Å². The Balaban J connectivity index is 2.62. The molecular weight excluding hydrogens is 338 g/mol. The summed E-state index contributed by atoms with van der Waals surface area (Å²) in [6, 6.07) is 3.82. The first-order valence-corrected chi connectivity index (χ1v) is 9.24. The molecule has 0 aliphatic heterocycles. The molecule has 0 aliphatic rings. The van der Waals surface area contributed by atoms with Crippen LogP contribution in [-0.2, 0) is 10.0 Å². The molecule has 0 saturated carbocycles. The SMILES string of the molecule is CCC(C)(C)NS(=O)(=O)c1cc([N+](=O)[O-])ccc1-c1cncs1. The number of benzene rings is 1. The van der Waals surface area contributed by atoms with Gasteiger partial charge in [-0.25, -0.2) is 13.1 Å². The van der Waals surface area contributed by atoms with Crippen LogP contribution in [0.5, 0.6) is 0 Å². The van der Waals surface area contributed by atoms with Crippen molar-refractivity contribution in [2.45, 2.75) is 37.6 Å². The number of hydrogen-bond donors (Lipinski definition) is 1. The molecule has 1 aromatic carbocycles. The second kappa shape index (κ2) is 6.34. The van der Waals surface area contributed by atoms with Crippen LogP contribution in [-0.4, -0.2) is 23.9 Å². The highest BCUT2D eigenvalue weighted by Crippen LogP contribution is 2.33. The first kappa shape index (κ1) is 17.5. The molecule has 0 atom stereocenters. The van der Waals surface area contributed by atoms with E-state index in [0.717, 1.165) is 6.07 Å². The van der Waals surface area contributed by atoms with E-state index in [9.17, 15) is 18.5 Å². The Hall–Kier alpha value is -1.84. The van der Waals surface area contributed by atoms with Crippen LogP contribution in [0.4, 0.5) is 5.69 Å². The van der Waals surface area contributed by atoms with Crippen LogP contribution in [0.15, 0.2) is 34.8 Å². The average molecular weight is 355 g/mol. The third kappa shape index (κ3) is 3.92. The van der Waals surface area contributed by atoms with Crippen molar-refractivity contribution in [2.24, 2.45) is 0 Å². The lowest BCUT2D eigenvalue weighted by Crippen LogP contribution is -2.42. The van der Waals surface area contributed by atoms with E-state index < -0.39 is 20.5 Å². The predicted molar refractivity (Wildman–Crippen MR) is 88.9 cm³/mol. The molecule has 0 amide bonds. The minimum Gasteiger partial charge on any atom is -0.258 e. The fourth-order valence-electron chi connectivity index (χ4n) is 1.89. The number of aromatic nitrogens is 1. The van der Waals surface area contributed by atoms with E-state index in [1.807, 2.05) is 6.92 Å². The molecule has 0 spiro atoms. The van der Waals surface area contributed by atoms with E-state index in [1.165, 1.54) is 29.7 Å². The lowest BCUT2D eigenvalue weighted by molar-refractivity contribution is -0.385. The highest BCUT2D eigenvalue weighted by Gasteiger charge is 2.29. The largest absolute Gasteiger partial charge is 0.270 e. The minimum atomic E-state index is -3.92. The fourth-order valence-corrected chi connectivity index (χ4v) is 4.34. The second-order valence-corrected chi connectivity index (χ2v) is 8.18. The van der Waals surface area contributed by atoms with Gasteiger partial charge >= 0.3 is 0 Å². The summed E-state index contributed by atoms with van der Waals surface area (Å²) in [7, 11) is -3.92. The average Bonchev–Trinajstić information content (AvgIpc) is 2.99. The minimum absolute atomic E-state index is 0.113. The molecule has 2 rings (SSSR count). The standard InChI is InChI=1S/C14H17N3O4S2/c1-4-14(2,3)16-23(20,21)13-7-10(17(18)19)5-6-11(13)12-8-15-9-22-12/h5-9,16H,4H2,1-3H3. The van der Waals surface area contributed by atoms with E-state index in [2.05, 4.69) is 9.71 Å². The molecule has 2 aromatic rings. The monoisotopic (exact) mass is 355 g/mol. The van der Waals surface area contributed by atoms with Gasteiger partial charge in [0.05, 0.1) is 20.2 Å². The Labute approximate surface area is 138 Å². The first-order chi connectivity index (χ1) is 10.7. The Kier molecular flexibility index (Phi) is 4.83. The van der Waals surface area contributed by atoms with Crippen LogP contribution >= 0.6 is 11.3 Å². The molecule has 9 heteroatoms. The highest BCUT2D eigenvalue weighted by atomic mass is 32.2. The zero-order chi connectivity index (χ0) is 17.3. The number of nitro benzene ring substituents is 1. The molecule has 1 heterocycles. The van der Waals surface area contributed by atoms with Crippen molar-refractivity contribution in [2.75, 3.05) is 0 Å². The summed E-state index contributed by atoms with van der Waals surface area (Å²) >= 11 is 1.27. The van der Waals surface area contributed by atoms with Crippen molar-refractivity contribution in [1.29, 1.82) is 0 Å². The van der Waals surface area contributed by atoms with Crippen LogP contribution in [0, 0.1) is 10.1 Å². The second-order valence-electron chi connectivity index (χ2n) is 5.65. The maximum Gasteiger partial charge on any atom is 0.270 e. The zero-order valence-corrected chi connectivity index (χ0v) is 14.6. The summed E-state index contributed by atoms with van der Waals surface area (Å²) < 4.78 is 28.1. The van der Waals surface area contributed by atoms with Crippen LogP contribution in [0.25, 0.3) is 10.4 Å². The van der Waals surface area contributed by atoms with Gasteiger partial charge in [-0.05, 0) is 26.3 Å². The summed E-state index contributed by atoms with van der Waals surface area (Å²) in [5.74, 6) is 0. The van der Waals surface area contributed by atoms with Crippen molar-refractivity contribution in [3.8, 4) is 10.4 Å². The van der Waals surface area contributed by atoms with Crippen molar-refractivity contribution < 1.29 is 13.3 Å². The van der Waals surface area contributed by atoms with Gasteiger partial charge in [0, 0.05) is 29.4 Å². The van der Waals surface area contributed by atoms with Gasteiger partial charge in [0.1, 0.15) is 0 Å². The van der Waals surface area contributed by atoms with Crippen LogP contribution < -0.4 is 4.72 Å². The number of sulfonamides is 1. The fraction of sp³-hybridized carbons (Fsp3) is 0.357. The maximum absolute atomic E-state index is 12.7. The molecule has 0 radical (unpaired) electrons. The number of hydrogen-bond acceptors (Lipinski definition) is 6. The van der Waals surface area contributed by atoms with Gasteiger partial charge in [0.2, 0.25) is 10.0 Å². The van der Waals surface area contributed by atoms with Crippen LogP contribution in [0.1, 0.15) is 27.2 Å². The lowest BCUT2D eigenvalue weighted by atomic mass is 10.0.